The Morgan fingerprint density at radius 3 is 2.20 bits per heavy atom. The Balaban J connectivity index is 2.17. The molecule has 0 amide bonds. The van der Waals surface area contributed by atoms with Crippen molar-refractivity contribution in [2.75, 3.05) is 0 Å². The van der Waals surface area contributed by atoms with Gasteiger partial charge in [-0.1, -0.05) is 39.8 Å². The summed E-state index contributed by atoms with van der Waals surface area (Å²) in [6.07, 6.45) is 4.52. The van der Waals surface area contributed by atoms with Crippen LogP contribution < -0.4 is 0 Å². The van der Waals surface area contributed by atoms with E-state index in [1.54, 1.807) is 0 Å². The van der Waals surface area contributed by atoms with Crippen LogP contribution >= 0.6 is 0 Å². The smallest absolute Gasteiger partial charge is 0.142 e. The van der Waals surface area contributed by atoms with E-state index in [0.717, 1.165) is 29.3 Å². The predicted octanol–water partition coefficient (Wildman–Crippen LogP) is 3.59. The average Bonchev–Trinajstić information content (AvgIpc) is 2.76. The molecule has 0 spiro atoms. The third-order valence-corrected chi connectivity index (χ3v) is 3.39. The van der Waals surface area contributed by atoms with Crippen molar-refractivity contribution >= 4 is 0 Å². The van der Waals surface area contributed by atoms with Gasteiger partial charge < -0.3 is 4.52 Å². The maximum Gasteiger partial charge on any atom is 0.142 e. The number of rotatable bonds is 3. The Labute approximate surface area is 120 Å². The van der Waals surface area contributed by atoms with Gasteiger partial charge >= 0.3 is 0 Å². The number of hydrogen-bond donors (Lipinski definition) is 0. The molecule has 0 aliphatic carbocycles. The predicted molar refractivity (Wildman–Crippen MR) is 78.7 cm³/mol. The van der Waals surface area contributed by atoms with Gasteiger partial charge in [-0.15, -0.1) is 0 Å². The molecule has 0 radical (unpaired) electrons. The van der Waals surface area contributed by atoms with Gasteiger partial charge in [0.1, 0.15) is 5.76 Å². The van der Waals surface area contributed by atoms with Crippen LogP contribution in [0.1, 0.15) is 57.5 Å². The first kappa shape index (κ1) is 14.7. The molecule has 2 heterocycles. The van der Waals surface area contributed by atoms with Crippen LogP contribution in [0.3, 0.4) is 0 Å². The molecule has 0 aliphatic heterocycles. The summed E-state index contributed by atoms with van der Waals surface area (Å²) in [5.74, 6) is 0.886. The molecule has 0 bridgehead atoms. The summed E-state index contributed by atoms with van der Waals surface area (Å²) in [7, 11) is 0. The third kappa shape index (κ3) is 3.24. The minimum atomic E-state index is -0.140. The van der Waals surface area contributed by atoms with Gasteiger partial charge in [-0.2, -0.15) is 0 Å². The molecule has 2 aromatic rings. The van der Waals surface area contributed by atoms with Crippen molar-refractivity contribution in [2.24, 2.45) is 0 Å². The van der Waals surface area contributed by atoms with E-state index in [2.05, 4.69) is 49.7 Å². The van der Waals surface area contributed by atoms with Gasteiger partial charge in [0, 0.05) is 35.7 Å². The first-order chi connectivity index (χ1) is 9.18. The lowest BCUT2D eigenvalue weighted by Crippen LogP contribution is -2.21. The van der Waals surface area contributed by atoms with Crippen LogP contribution in [0.15, 0.2) is 23.0 Å². The molecule has 2 rings (SSSR count). The van der Waals surface area contributed by atoms with Gasteiger partial charge in [0.05, 0.1) is 17.1 Å². The van der Waals surface area contributed by atoms with Crippen LogP contribution in [0.4, 0.5) is 0 Å². The zero-order valence-corrected chi connectivity index (χ0v) is 13.2. The zero-order chi connectivity index (χ0) is 15.0. The van der Waals surface area contributed by atoms with Crippen LogP contribution in [-0.4, -0.2) is 15.1 Å². The van der Waals surface area contributed by atoms with E-state index in [4.69, 9.17) is 4.52 Å². The summed E-state index contributed by atoms with van der Waals surface area (Å²) in [6.45, 7) is 12.6. The molecule has 2 aromatic heterocycles. The highest BCUT2D eigenvalue weighted by molar-refractivity contribution is 5.18. The van der Waals surface area contributed by atoms with Crippen molar-refractivity contribution in [3.05, 3.63) is 41.3 Å². The van der Waals surface area contributed by atoms with Crippen molar-refractivity contribution in [3.8, 4) is 0 Å². The van der Waals surface area contributed by atoms with Gasteiger partial charge in [-0.05, 0) is 6.92 Å². The molecule has 0 saturated heterocycles. The highest BCUT2D eigenvalue weighted by Crippen LogP contribution is 2.28. The topological polar surface area (TPSA) is 51.8 Å². The fourth-order valence-electron chi connectivity index (χ4n) is 2.06. The summed E-state index contributed by atoms with van der Waals surface area (Å²) in [5.41, 5.74) is 2.77. The fourth-order valence-corrected chi connectivity index (χ4v) is 2.06. The van der Waals surface area contributed by atoms with Crippen molar-refractivity contribution < 1.29 is 4.52 Å². The molecular formula is C16H23N3O. The van der Waals surface area contributed by atoms with Crippen molar-refractivity contribution in [2.45, 2.75) is 58.8 Å². The first-order valence-electron chi connectivity index (χ1n) is 6.94. The highest BCUT2D eigenvalue weighted by atomic mass is 16.5. The second kappa shape index (κ2) is 5.00. The minimum Gasteiger partial charge on any atom is -0.361 e. The van der Waals surface area contributed by atoms with Gasteiger partial charge in [-0.3, -0.25) is 9.97 Å². The van der Waals surface area contributed by atoms with Gasteiger partial charge in [0.15, 0.2) is 0 Å². The minimum absolute atomic E-state index is 0.0308. The number of hydrogen-bond acceptors (Lipinski definition) is 4. The van der Waals surface area contributed by atoms with Crippen molar-refractivity contribution in [3.63, 3.8) is 0 Å². The fraction of sp³-hybridized carbons (Fsp3) is 0.562. The first-order valence-corrected chi connectivity index (χ1v) is 6.94. The summed E-state index contributed by atoms with van der Waals surface area (Å²) < 4.78 is 5.38. The Hall–Kier alpha value is -1.71. The van der Waals surface area contributed by atoms with Crippen molar-refractivity contribution in [1.29, 1.82) is 0 Å². The third-order valence-electron chi connectivity index (χ3n) is 3.39. The summed E-state index contributed by atoms with van der Waals surface area (Å²) in [4.78, 5) is 9.06. The monoisotopic (exact) mass is 273 g/mol. The van der Waals surface area contributed by atoms with Crippen LogP contribution in [-0.2, 0) is 17.3 Å². The van der Waals surface area contributed by atoms with E-state index >= 15 is 0 Å². The normalized spacial score (nSPS) is 12.7. The van der Waals surface area contributed by atoms with E-state index in [9.17, 15) is 0 Å². The quantitative estimate of drug-likeness (QED) is 0.857. The largest absolute Gasteiger partial charge is 0.361 e. The standard InChI is InChI=1S/C16H23N3O/c1-11-7-14(20-19-11)16(5,6)8-12-9-18-13(10-17-12)15(2,3)4/h7,9-10H,8H2,1-6H3. The van der Waals surface area contributed by atoms with Crippen molar-refractivity contribution in [1.82, 2.24) is 15.1 Å². The molecule has 0 N–H and O–H groups in total. The highest BCUT2D eigenvalue weighted by Gasteiger charge is 2.27. The van der Waals surface area contributed by atoms with E-state index in [0.29, 0.717) is 0 Å². The van der Waals surface area contributed by atoms with E-state index in [-0.39, 0.29) is 10.8 Å². The molecule has 4 nitrogen and oxygen atoms in total. The molecule has 4 heteroatoms. The van der Waals surface area contributed by atoms with Crippen LogP contribution in [0.5, 0.6) is 0 Å². The number of aryl methyl sites for hydroxylation is 1. The molecule has 0 aliphatic rings. The molecule has 0 unspecified atom stereocenters. The van der Waals surface area contributed by atoms with E-state index < -0.39 is 0 Å². The van der Waals surface area contributed by atoms with E-state index in [1.165, 1.54) is 0 Å². The Kier molecular flexibility index (Phi) is 3.67. The second-order valence-corrected chi connectivity index (χ2v) is 7.04. The lowest BCUT2D eigenvalue weighted by atomic mass is 9.85. The summed E-state index contributed by atoms with van der Waals surface area (Å²) in [6, 6.07) is 1.98. The summed E-state index contributed by atoms with van der Waals surface area (Å²) in [5, 5.41) is 3.96. The molecule has 108 valence electrons. The molecule has 0 aromatic carbocycles. The zero-order valence-electron chi connectivity index (χ0n) is 13.2. The van der Waals surface area contributed by atoms with Crippen LogP contribution in [0.25, 0.3) is 0 Å². The molecule has 20 heavy (non-hydrogen) atoms. The van der Waals surface area contributed by atoms with E-state index in [1.807, 2.05) is 25.4 Å². The Bertz CT molecular complexity index is 577. The Morgan fingerprint density at radius 1 is 1.05 bits per heavy atom. The SMILES string of the molecule is Cc1cc(C(C)(C)Cc2cnc(C(C)(C)C)cn2)on1. The maximum absolute atomic E-state index is 5.38. The van der Waals surface area contributed by atoms with Gasteiger partial charge in [-0.25, -0.2) is 0 Å². The Morgan fingerprint density at radius 2 is 1.75 bits per heavy atom. The number of aromatic nitrogens is 3. The maximum atomic E-state index is 5.38. The number of nitrogens with zero attached hydrogens (tertiary/aromatic N) is 3. The molecule has 0 fully saturated rings. The van der Waals surface area contributed by atoms with Gasteiger partial charge in [0.2, 0.25) is 0 Å². The van der Waals surface area contributed by atoms with Crippen LogP contribution in [0.2, 0.25) is 0 Å². The van der Waals surface area contributed by atoms with Gasteiger partial charge in [0.25, 0.3) is 0 Å². The molecular weight excluding hydrogens is 250 g/mol. The molecule has 0 atom stereocenters. The average molecular weight is 273 g/mol. The van der Waals surface area contributed by atoms with Crippen LogP contribution in [0, 0.1) is 6.92 Å². The second-order valence-electron chi connectivity index (χ2n) is 7.04. The summed E-state index contributed by atoms with van der Waals surface area (Å²) >= 11 is 0. The lowest BCUT2D eigenvalue weighted by molar-refractivity contribution is 0.311. The molecule has 0 saturated carbocycles. The lowest BCUT2D eigenvalue weighted by Gasteiger charge is -2.21.